The molecule has 2 aliphatic carbocycles. The first-order chi connectivity index (χ1) is 9.87. The van der Waals surface area contributed by atoms with Gasteiger partial charge in [-0.3, -0.25) is 0 Å². The SMILES string of the molecule is CC(c1cccc(C(C)C2CC2)c1OC(C)(C)C)C1CC1. The van der Waals surface area contributed by atoms with Gasteiger partial charge in [0.05, 0.1) is 0 Å². The standard InChI is InChI=1S/C20H30O/c1-13(15-9-10-15)17-7-6-8-18(14(2)16-11-12-16)19(17)21-20(3,4)5/h6-8,13-16H,9-12H2,1-5H3. The van der Waals surface area contributed by atoms with Gasteiger partial charge in [-0.1, -0.05) is 32.0 Å². The molecule has 0 aromatic heterocycles. The van der Waals surface area contributed by atoms with Gasteiger partial charge in [-0.15, -0.1) is 0 Å². The molecular formula is C20H30O. The van der Waals surface area contributed by atoms with Crippen LogP contribution in [0.25, 0.3) is 0 Å². The van der Waals surface area contributed by atoms with E-state index in [2.05, 4.69) is 52.8 Å². The molecule has 0 aliphatic heterocycles. The molecule has 2 unspecified atom stereocenters. The fourth-order valence-electron chi connectivity index (χ4n) is 3.41. The normalized spacial score (nSPS) is 22.0. The molecule has 21 heavy (non-hydrogen) atoms. The molecule has 0 spiro atoms. The van der Waals surface area contributed by atoms with E-state index in [4.69, 9.17) is 4.74 Å². The highest BCUT2D eigenvalue weighted by molar-refractivity contribution is 5.46. The van der Waals surface area contributed by atoms with Crippen LogP contribution >= 0.6 is 0 Å². The number of rotatable bonds is 5. The highest BCUT2D eigenvalue weighted by atomic mass is 16.5. The van der Waals surface area contributed by atoms with E-state index < -0.39 is 0 Å². The summed E-state index contributed by atoms with van der Waals surface area (Å²) in [6, 6.07) is 6.85. The predicted molar refractivity (Wildman–Crippen MR) is 89.1 cm³/mol. The molecule has 0 N–H and O–H groups in total. The van der Waals surface area contributed by atoms with E-state index in [1.807, 2.05) is 0 Å². The van der Waals surface area contributed by atoms with Gasteiger partial charge >= 0.3 is 0 Å². The predicted octanol–water partition coefficient (Wildman–Crippen LogP) is 5.89. The van der Waals surface area contributed by atoms with Crippen molar-refractivity contribution in [1.29, 1.82) is 0 Å². The van der Waals surface area contributed by atoms with Crippen LogP contribution in [0.4, 0.5) is 0 Å². The van der Waals surface area contributed by atoms with Crippen LogP contribution < -0.4 is 4.74 Å². The lowest BCUT2D eigenvalue weighted by molar-refractivity contribution is 0.126. The van der Waals surface area contributed by atoms with Gasteiger partial charge in [-0.2, -0.15) is 0 Å². The first kappa shape index (κ1) is 14.9. The lowest BCUT2D eigenvalue weighted by Crippen LogP contribution is -2.25. The second kappa shape index (κ2) is 5.34. The Hall–Kier alpha value is -0.980. The number of benzene rings is 1. The molecule has 1 aromatic rings. The minimum absolute atomic E-state index is 0.128. The van der Waals surface area contributed by atoms with Gasteiger partial charge in [0.2, 0.25) is 0 Å². The topological polar surface area (TPSA) is 9.23 Å². The number of ether oxygens (including phenoxy) is 1. The number of hydrogen-bond donors (Lipinski definition) is 0. The van der Waals surface area contributed by atoms with Crippen molar-refractivity contribution in [3.05, 3.63) is 29.3 Å². The third kappa shape index (κ3) is 3.44. The third-order valence-electron chi connectivity index (χ3n) is 5.12. The molecule has 1 aromatic carbocycles. The first-order valence-electron chi connectivity index (χ1n) is 8.68. The first-order valence-corrected chi connectivity index (χ1v) is 8.68. The minimum atomic E-state index is -0.128. The Morgan fingerprint density at radius 3 is 1.67 bits per heavy atom. The van der Waals surface area contributed by atoms with Crippen molar-refractivity contribution >= 4 is 0 Å². The zero-order valence-electron chi connectivity index (χ0n) is 14.3. The van der Waals surface area contributed by atoms with Gasteiger partial charge in [-0.05, 0) is 81.3 Å². The molecule has 1 heteroatoms. The molecule has 2 aliphatic rings. The van der Waals surface area contributed by atoms with Gasteiger partial charge in [0, 0.05) is 0 Å². The molecule has 0 saturated heterocycles. The summed E-state index contributed by atoms with van der Waals surface area (Å²) in [5.41, 5.74) is 2.76. The van der Waals surface area contributed by atoms with E-state index in [9.17, 15) is 0 Å². The molecule has 0 heterocycles. The van der Waals surface area contributed by atoms with Crippen molar-refractivity contribution in [1.82, 2.24) is 0 Å². The fraction of sp³-hybridized carbons (Fsp3) is 0.700. The zero-order chi connectivity index (χ0) is 15.2. The van der Waals surface area contributed by atoms with Crippen LogP contribution in [0.2, 0.25) is 0 Å². The number of para-hydroxylation sites is 1. The lowest BCUT2D eigenvalue weighted by Gasteiger charge is -2.29. The molecule has 2 saturated carbocycles. The second-order valence-corrected chi connectivity index (χ2v) is 8.23. The Labute approximate surface area is 130 Å². The van der Waals surface area contributed by atoms with E-state index in [0.717, 1.165) is 11.8 Å². The Kier molecular flexibility index (Phi) is 3.80. The summed E-state index contributed by atoms with van der Waals surface area (Å²) in [5.74, 6) is 4.21. The monoisotopic (exact) mass is 286 g/mol. The minimum Gasteiger partial charge on any atom is -0.488 e. The molecule has 3 rings (SSSR count). The maximum atomic E-state index is 6.46. The zero-order valence-corrected chi connectivity index (χ0v) is 14.3. The number of hydrogen-bond acceptors (Lipinski definition) is 1. The van der Waals surface area contributed by atoms with Crippen molar-refractivity contribution in [2.24, 2.45) is 11.8 Å². The summed E-state index contributed by atoms with van der Waals surface area (Å²) in [4.78, 5) is 0. The van der Waals surface area contributed by atoms with Crippen molar-refractivity contribution in [3.63, 3.8) is 0 Å². The lowest BCUT2D eigenvalue weighted by atomic mass is 9.88. The van der Waals surface area contributed by atoms with Crippen LogP contribution in [-0.4, -0.2) is 5.60 Å². The fourth-order valence-corrected chi connectivity index (χ4v) is 3.41. The Bertz CT molecular complexity index is 467. The van der Waals surface area contributed by atoms with E-state index in [-0.39, 0.29) is 5.60 Å². The van der Waals surface area contributed by atoms with Crippen LogP contribution in [0.5, 0.6) is 5.75 Å². The maximum Gasteiger partial charge on any atom is 0.127 e. The summed E-state index contributed by atoms with van der Waals surface area (Å²) >= 11 is 0. The largest absolute Gasteiger partial charge is 0.488 e. The quantitative estimate of drug-likeness (QED) is 0.655. The molecule has 0 bridgehead atoms. The van der Waals surface area contributed by atoms with Crippen molar-refractivity contribution < 1.29 is 4.74 Å². The Morgan fingerprint density at radius 1 is 0.905 bits per heavy atom. The van der Waals surface area contributed by atoms with Crippen molar-refractivity contribution in [2.75, 3.05) is 0 Å². The van der Waals surface area contributed by atoms with Crippen LogP contribution in [0, 0.1) is 11.8 Å². The maximum absolute atomic E-state index is 6.46. The molecular weight excluding hydrogens is 256 g/mol. The van der Waals surface area contributed by atoms with E-state index in [1.54, 1.807) is 0 Å². The molecule has 0 amide bonds. The summed E-state index contributed by atoms with van der Waals surface area (Å²) in [6.07, 6.45) is 5.55. The summed E-state index contributed by atoms with van der Waals surface area (Å²) < 4.78 is 6.46. The van der Waals surface area contributed by atoms with Crippen molar-refractivity contribution in [3.8, 4) is 5.75 Å². The van der Waals surface area contributed by atoms with E-state index >= 15 is 0 Å². The third-order valence-corrected chi connectivity index (χ3v) is 5.12. The average Bonchev–Trinajstić information content (AvgIpc) is 3.28. The Balaban J connectivity index is 1.99. The van der Waals surface area contributed by atoms with Gasteiger partial charge in [-0.25, -0.2) is 0 Å². The van der Waals surface area contributed by atoms with Gasteiger partial charge in [0.15, 0.2) is 0 Å². The van der Waals surface area contributed by atoms with Crippen LogP contribution in [0.15, 0.2) is 18.2 Å². The summed E-state index contributed by atoms with van der Waals surface area (Å²) in [6.45, 7) is 11.3. The van der Waals surface area contributed by atoms with Gasteiger partial charge in [0.1, 0.15) is 11.4 Å². The summed E-state index contributed by atoms with van der Waals surface area (Å²) in [7, 11) is 0. The Morgan fingerprint density at radius 2 is 1.33 bits per heavy atom. The van der Waals surface area contributed by atoms with Crippen LogP contribution in [0.1, 0.15) is 83.3 Å². The smallest absolute Gasteiger partial charge is 0.127 e. The van der Waals surface area contributed by atoms with Crippen molar-refractivity contribution in [2.45, 2.75) is 77.7 Å². The molecule has 2 atom stereocenters. The molecule has 2 fully saturated rings. The van der Waals surface area contributed by atoms with Crippen LogP contribution in [-0.2, 0) is 0 Å². The van der Waals surface area contributed by atoms with E-state index in [1.165, 1.54) is 42.6 Å². The van der Waals surface area contributed by atoms with Gasteiger partial charge < -0.3 is 4.74 Å². The van der Waals surface area contributed by atoms with Gasteiger partial charge in [0.25, 0.3) is 0 Å². The van der Waals surface area contributed by atoms with E-state index in [0.29, 0.717) is 11.8 Å². The van der Waals surface area contributed by atoms with Crippen LogP contribution in [0.3, 0.4) is 0 Å². The molecule has 1 nitrogen and oxygen atoms in total. The molecule has 0 radical (unpaired) electrons. The summed E-state index contributed by atoms with van der Waals surface area (Å²) in [5, 5.41) is 0. The average molecular weight is 286 g/mol. The highest BCUT2D eigenvalue weighted by Crippen LogP contribution is 2.50. The second-order valence-electron chi connectivity index (χ2n) is 8.23. The molecule has 116 valence electrons. The highest BCUT2D eigenvalue weighted by Gasteiger charge is 2.35.